The van der Waals surface area contributed by atoms with E-state index in [1.165, 1.54) is 11.3 Å². The predicted octanol–water partition coefficient (Wildman–Crippen LogP) is 3.01. The molecule has 0 spiro atoms. The third-order valence-corrected chi connectivity index (χ3v) is 4.23. The highest BCUT2D eigenvalue weighted by Crippen LogP contribution is 2.33. The van der Waals surface area contributed by atoms with Crippen molar-refractivity contribution in [1.29, 1.82) is 5.26 Å². The minimum Gasteiger partial charge on any atom is -0.492 e. The normalized spacial score (nSPS) is 11.0. The van der Waals surface area contributed by atoms with Crippen molar-refractivity contribution in [1.82, 2.24) is 4.98 Å². The number of aliphatic hydroxyl groups is 2. The molecule has 0 aliphatic carbocycles. The molecule has 0 unspecified atom stereocenters. The second-order valence-electron chi connectivity index (χ2n) is 5.37. The molecule has 0 bridgehead atoms. The number of aryl methyl sites for hydroxylation is 1. The summed E-state index contributed by atoms with van der Waals surface area (Å²) in [6.45, 7) is 6.35. The molecule has 1 heterocycles. The monoisotopic (exact) mass is 318 g/mol. The smallest absolute Gasteiger partial charge is 0.189 e. The summed E-state index contributed by atoms with van der Waals surface area (Å²) in [5.74, 6) is 0.928. The van der Waals surface area contributed by atoms with Crippen LogP contribution in [0.5, 0.6) is 5.75 Å². The van der Waals surface area contributed by atoms with E-state index in [0.29, 0.717) is 39.4 Å². The lowest BCUT2D eigenvalue weighted by molar-refractivity contribution is -0.0401. The Bertz CT molecular complexity index is 702. The van der Waals surface area contributed by atoms with Gasteiger partial charge in [-0.05, 0) is 31.0 Å². The van der Waals surface area contributed by atoms with E-state index < -0.39 is 6.29 Å². The first-order chi connectivity index (χ1) is 10.4. The van der Waals surface area contributed by atoms with Crippen LogP contribution in [0.15, 0.2) is 18.2 Å². The molecule has 0 saturated heterocycles. The van der Waals surface area contributed by atoms with Gasteiger partial charge >= 0.3 is 0 Å². The summed E-state index contributed by atoms with van der Waals surface area (Å²) in [5.41, 5.74) is 1.78. The van der Waals surface area contributed by atoms with E-state index >= 15 is 0 Å². The van der Waals surface area contributed by atoms with Crippen LogP contribution in [-0.4, -0.2) is 21.8 Å². The summed E-state index contributed by atoms with van der Waals surface area (Å²) in [6, 6.07) is 7.41. The molecule has 2 aromatic rings. The molecule has 0 fully saturated rings. The van der Waals surface area contributed by atoms with Gasteiger partial charge in [-0.15, -0.1) is 11.3 Å². The molecule has 2 rings (SSSR count). The van der Waals surface area contributed by atoms with Crippen LogP contribution in [0.1, 0.15) is 36.3 Å². The lowest BCUT2D eigenvalue weighted by Crippen LogP contribution is -2.05. The Morgan fingerprint density at radius 1 is 1.36 bits per heavy atom. The molecule has 2 N–H and O–H groups in total. The second kappa shape index (κ2) is 6.88. The summed E-state index contributed by atoms with van der Waals surface area (Å²) in [6.07, 6.45) is -1.53. The van der Waals surface area contributed by atoms with Crippen LogP contribution in [-0.2, 0) is 0 Å². The Hall–Kier alpha value is -1.94. The molecule has 0 aliphatic rings. The van der Waals surface area contributed by atoms with Gasteiger partial charge in [-0.25, -0.2) is 4.98 Å². The molecule has 1 aromatic carbocycles. The molecule has 0 atom stereocenters. The summed E-state index contributed by atoms with van der Waals surface area (Å²) >= 11 is 1.20. The van der Waals surface area contributed by atoms with Crippen molar-refractivity contribution in [2.45, 2.75) is 27.1 Å². The van der Waals surface area contributed by atoms with E-state index in [0.717, 1.165) is 5.56 Å². The average molecular weight is 318 g/mol. The number of hydrogen-bond acceptors (Lipinski definition) is 6. The van der Waals surface area contributed by atoms with Crippen LogP contribution in [0.3, 0.4) is 0 Å². The molecule has 116 valence electrons. The second-order valence-corrected chi connectivity index (χ2v) is 6.40. The van der Waals surface area contributed by atoms with E-state index in [9.17, 15) is 15.5 Å². The van der Waals surface area contributed by atoms with Gasteiger partial charge in [0.15, 0.2) is 6.29 Å². The van der Waals surface area contributed by atoms with E-state index in [-0.39, 0.29) is 0 Å². The maximum Gasteiger partial charge on any atom is 0.189 e. The molecular weight excluding hydrogens is 300 g/mol. The molecule has 0 radical (unpaired) electrons. The molecule has 5 nitrogen and oxygen atoms in total. The van der Waals surface area contributed by atoms with E-state index in [2.05, 4.69) is 11.1 Å². The number of ether oxygens (including phenoxy) is 1. The fraction of sp³-hybridized carbons (Fsp3) is 0.375. The lowest BCUT2D eigenvalue weighted by atomic mass is 10.1. The SMILES string of the molecule is Cc1nc(-c2ccc(OCC(C)C)c(C#N)c2)sc1C(O)O. The number of thiazole rings is 1. The van der Waals surface area contributed by atoms with E-state index in [1.54, 1.807) is 19.1 Å². The number of benzene rings is 1. The summed E-state index contributed by atoms with van der Waals surface area (Å²) in [4.78, 5) is 4.74. The van der Waals surface area contributed by atoms with Crippen LogP contribution in [0.25, 0.3) is 10.6 Å². The maximum absolute atomic E-state index is 9.29. The average Bonchev–Trinajstić information content (AvgIpc) is 2.87. The van der Waals surface area contributed by atoms with Crippen molar-refractivity contribution in [2.75, 3.05) is 6.61 Å². The number of aromatic nitrogens is 1. The number of nitriles is 1. The maximum atomic E-state index is 9.29. The highest BCUT2D eigenvalue weighted by atomic mass is 32.1. The van der Waals surface area contributed by atoms with Gasteiger partial charge in [0.1, 0.15) is 16.8 Å². The fourth-order valence-electron chi connectivity index (χ4n) is 1.90. The van der Waals surface area contributed by atoms with Crippen LogP contribution in [0.4, 0.5) is 0 Å². The Kier molecular flexibility index (Phi) is 5.14. The first-order valence-corrected chi connectivity index (χ1v) is 7.74. The summed E-state index contributed by atoms with van der Waals surface area (Å²) < 4.78 is 5.63. The molecular formula is C16H18N2O3S. The van der Waals surface area contributed by atoms with Crippen molar-refractivity contribution in [3.8, 4) is 22.4 Å². The van der Waals surface area contributed by atoms with Crippen molar-refractivity contribution < 1.29 is 14.9 Å². The van der Waals surface area contributed by atoms with Gasteiger partial charge in [0.2, 0.25) is 0 Å². The van der Waals surface area contributed by atoms with Crippen LogP contribution in [0.2, 0.25) is 0 Å². The van der Waals surface area contributed by atoms with Gasteiger partial charge in [-0.2, -0.15) is 5.26 Å². The van der Waals surface area contributed by atoms with Crippen molar-refractivity contribution in [3.63, 3.8) is 0 Å². The van der Waals surface area contributed by atoms with Crippen molar-refractivity contribution in [2.24, 2.45) is 5.92 Å². The first kappa shape index (κ1) is 16.4. The fourth-order valence-corrected chi connectivity index (χ4v) is 2.84. The highest BCUT2D eigenvalue weighted by molar-refractivity contribution is 7.15. The quantitative estimate of drug-likeness (QED) is 0.828. The number of nitrogens with zero attached hydrogens (tertiary/aromatic N) is 2. The molecule has 0 amide bonds. The van der Waals surface area contributed by atoms with Gasteiger partial charge in [0.05, 0.1) is 22.7 Å². The zero-order valence-electron chi connectivity index (χ0n) is 12.7. The Morgan fingerprint density at radius 3 is 2.64 bits per heavy atom. The topological polar surface area (TPSA) is 86.4 Å². The highest BCUT2D eigenvalue weighted by Gasteiger charge is 2.16. The minimum absolute atomic E-state index is 0.376. The zero-order valence-corrected chi connectivity index (χ0v) is 13.5. The zero-order chi connectivity index (χ0) is 16.3. The first-order valence-electron chi connectivity index (χ1n) is 6.93. The third kappa shape index (κ3) is 3.63. The predicted molar refractivity (Wildman–Crippen MR) is 84.5 cm³/mol. The van der Waals surface area contributed by atoms with Gasteiger partial charge in [0.25, 0.3) is 0 Å². The van der Waals surface area contributed by atoms with Crippen LogP contribution < -0.4 is 4.74 Å². The largest absolute Gasteiger partial charge is 0.492 e. The Labute approximate surface area is 133 Å². The third-order valence-electron chi connectivity index (χ3n) is 2.99. The number of rotatable bonds is 5. The van der Waals surface area contributed by atoms with Crippen molar-refractivity contribution in [3.05, 3.63) is 34.3 Å². The molecule has 0 saturated carbocycles. The number of hydrogen-bond donors (Lipinski definition) is 2. The van der Waals surface area contributed by atoms with E-state index in [4.69, 9.17) is 4.74 Å². The standard InChI is InChI=1S/C16H18N2O3S/c1-9(2)8-21-13-5-4-11(6-12(13)7-17)15-18-10(3)14(22-15)16(19)20/h4-6,9,16,19-20H,8H2,1-3H3. The minimum atomic E-state index is -1.53. The van der Waals surface area contributed by atoms with Crippen LogP contribution >= 0.6 is 11.3 Å². The van der Waals surface area contributed by atoms with E-state index in [1.807, 2.05) is 19.9 Å². The van der Waals surface area contributed by atoms with Crippen LogP contribution in [0, 0.1) is 24.2 Å². The molecule has 1 aromatic heterocycles. The Balaban J connectivity index is 2.33. The molecule has 22 heavy (non-hydrogen) atoms. The number of aliphatic hydroxyl groups excluding tert-OH is 1. The van der Waals surface area contributed by atoms with Gasteiger partial charge < -0.3 is 14.9 Å². The Morgan fingerprint density at radius 2 is 2.09 bits per heavy atom. The molecule has 0 aliphatic heterocycles. The van der Waals surface area contributed by atoms with Crippen molar-refractivity contribution >= 4 is 11.3 Å². The van der Waals surface area contributed by atoms with Gasteiger partial charge in [-0.1, -0.05) is 13.8 Å². The lowest BCUT2D eigenvalue weighted by Gasteiger charge is -2.10. The summed E-state index contributed by atoms with van der Waals surface area (Å²) in [5, 5.41) is 28.5. The summed E-state index contributed by atoms with van der Waals surface area (Å²) in [7, 11) is 0. The van der Waals surface area contributed by atoms with Gasteiger partial charge in [0, 0.05) is 5.56 Å². The van der Waals surface area contributed by atoms with Gasteiger partial charge in [-0.3, -0.25) is 0 Å². The molecule has 6 heteroatoms.